The number of rotatable bonds is 5. The maximum Gasteiger partial charge on any atom is 0.372 e. The summed E-state index contributed by atoms with van der Waals surface area (Å²) in [5.41, 5.74) is -2.63. The first kappa shape index (κ1) is 35.1. The molecule has 1 aliphatic rings. The van der Waals surface area contributed by atoms with Crippen molar-refractivity contribution in [2.75, 3.05) is 17.7 Å². The molecule has 5 aromatic rings. The summed E-state index contributed by atoms with van der Waals surface area (Å²) in [5.74, 6) is -1.22. The van der Waals surface area contributed by atoms with Gasteiger partial charge in [0.05, 0.1) is 23.8 Å². The summed E-state index contributed by atoms with van der Waals surface area (Å²) in [6.07, 6.45) is 1.38. The molecule has 1 unspecified atom stereocenters. The number of aryl methyl sites for hydroxylation is 1. The fourth-order valence-electron chi connectivity index (χ4n) is 6.10. The van der Waals surface area contributed by atoms with Crippen LogP contribution >= 0.6 is 0 Å². The quantitative estimate of drug-likeness (QED) is 0.110. The van der Waals surface area contributed by atoms with Crippen molar-refractivity contribution in [2.45, 2.75) is 19.6 Å². The van der Waals surface area contributed by atoms with E-state index in [0.29, 0.717) is 6.07 Å². The van der Waals surface area contributed by atoms with E-state index in [0.717, 1.165) is 49.5 Å². The molecule has 262 valence electrons. The minimum Gasteiger partial charge on any atom is -0.343 e. The third kappa shape index (κ3) is 5.51. The summed E-state index contributed by atoms with van der Waals surface area (Å²) < 4.78 is 144. The van der Waals surface area contributed by atoms with Gasteiger partial charge >= 0.3 is 32.2 Å². The molecule has 4 aromatic carbocycles. The van der Waals surface area contributed by atoms with Crippen molar-refractivity contribution in [1.82, 2.24) is 9.05 Å². The van der Waals surface area contributed by atoms with Crippen molar-refractivity contribution < 1.29 is 61.5 Å². The maximum atomic E-state index is 14.9. The smallest absolute Gasteiger partial charge is 0.343 e. The summed E-state index contributed by atoms with van der Waals surface area (Å²) in [6, 6.07) is 8.17. The number of benzene rings is 4. The molecule has 0 aliphatic carbocycles. The van der Waals surface area contributed by atoms with E-state index < -0.39 is 98.6 Å². The van der Waals surface area contributed by atoms with Crippen LogP contribution < -0.4 is 15.1 Å². The monoisotopic (exact) mass is 767 g/mol. The third-order valence-electron chi connectivity index (χ3n) is 8.24. The van der Waals surface area contributed by atoms with Crippen LogP contribution in [0.3, 0.4) is 0 Å². The standard InChI is InChI=1S/C28H22N4O14S4/c1-31-11-3-4-19(31)27(33)32(2)20-12-15-16(13-24(20)50(44,45)46)21(47(35,36)37)9-6-18(15)30-28(34)29-17-7-10-22(48(38,39)40)25-14(17)5-8-23(26(25)32)49(41,42)43/h3-13H,1-2H3,(H5-,29,30,34,35,36,37,38,39,40,41,42,43,44,45,46)/p+1. The molecule has 0 radical (unpaired) electrons. The zero-order chi connectivity index (χ0) is 36.9. The fraction of sp³-hybridized carbons (Fsp3) is 0.0714. The van der Waals surface area contributed by atoms with Crippen LogP contribution in [0.4, 0.5) is 27.5 Å². The molecule has 1 aliphatic heterocycles. The second-order valence-electron chi connectivity index (χ2n) is 11.2. The van der Waals surface area contributed by atoms with E-state index in [1.807, 2.05) is 0 Å². The van der Waals surface area contributed by atoms with Crippen molar-refractivity contribution in [3.63, 3.8) is 0 Å². The van der Waals surface area contributed by atoms with Crippen molar-refractivity contribution >= 4 is 96.7 Å². The van der Waals surface area contributed by atoms with E-state index in [9.17, 15) is 61.5 Å². The zero-order valence-electron chi connectivity index (χ0n) is 25.2. The molecule has 22 heteroatoms. The molecule has 2 heterocycles. The SMILES string of the molecule is Cn1cccc1C(=O)[N+]1(C)c2cc3c(ccc(S(=O)(=O)O)c3cc2S(=O)(=O)O)NC(=O)Nc2ccc(S(=O)(=O)O)c3c1c(S(=O)(=O)O)ccc23. The van der Waals surface area contributed by atoms with Gasteiger partial charge < -0.3 is 15.2 Å². The molecule has 18 nitrogen and oxygen atoms in total. The largest absolute Gasteiger partial charge is 0.372 e. The van der Waals surface area contributed by atoms with Gasteiger partial charge in [0.1, 0.15) is 15.5 Å². The molecule has 6 rings (SSSR count). The Morgan fingerprint density at radius 1 is 0.660 bits per heavy atom. The number of aromatic nitrogens is 1. The molecule has 6 N–H and O–H groups in total. The van der Waals surface area contributed by atoms with Crippen LogP contribution in [0.1, 0.15) is 10.5 Å². The van der Waals surface area contributed by atoms with Gasteiger partial charge in [-0.3, -0.25) is 18.2 Å². The van der Waals surface area contributed by atoms with Crippen LogP contribution in [0, 0.1) is 0 Å². The summed E-state index contributed by atoms with van der Waals surface area (Å²) in [7, 11) is -19.3. The molecule has 0 saturated heterocycles. The predicted octanol–water partition coefficient (Wildman–Crippen LogP) is 3.38. The second-order valence-corrected chi connectivity index (χ2v) is 16.8. The number of nitrogens with one attached hydrogen (secondary N) is 2. The molecule has 0 spiro atoms. The summed E-state index contributed by atoms with van der Waals surface area (Å²) in [4.78, 5) is 23.9. The van der Waals surface area contributed by atoms with Crippen LogP contribution in [0.2, 0.25) is 0 Å². The van der Waals surface area contributed by atoms with Crippen LogP contribution in [-0.2, 0) is 47.5 Å². The van der Waals surface area contributed by atoms with Crippen LogP contribution in [0.15, 0.2) is 86.4 Å². The molecule has 3 amide bonds. The van der Waals surface area contributed by atoms with E-state index in [4.69, 9.17) is 0 Å². The number of hydrogen-bond acceptors (Lipinski definition) is 10. The van der Waals surface area contributed by atoms with Gasteiger partial charge in [-0.25, -0.2) is 9.59 Å². The summed E-state index contributed by atoms with van der Waals surface area (Å²) in [5, 5.41) is 2.71. The van der Waals surface area contributed by atoms with E-state index in [2.05, 4.69) is 10.6 Å². The normalized spacial score (nSPS) is 17.0. The van der Waals surface area contributed by atoms with Crippen molar-refractivity contribution in [3.05, 3.63) is 72.6 Å². The number of fused-ring (bicyclic) bond motifs is 1. The Morgan fingerprint density at radius 2 is 1.18 bits per heavy atom. The van der Waals surface area contributed by atoms with Crippen LogP contribution in [0.5, 0.6) is 0 Å². The lowest BCUT2D eigenvalue weighted by Crippen LogP contribution is -2.48. The molecule has 6 bridgehead atoms. The zero-order valence-corrected chi connectivity index (χ0v) is 28.5. The number of nitrogens with zero attached hydrogens (tertiary/aromatic N) is 2. The first-order valence-corrected chi connectivity index (χ1v) is 19.4. The first-order chi connectivity index (χ1) is 23.0. The topological polar surface area (TPSA) is 281 Å². The molecule has 0 saturated carbocycles. The lowest BCUT2D eigenvalue weighted by atomic mass is 10.0. The Kier molecular flexibility index (Phi) is 7.79. The van der Waals surface area contributed by atoms with Crippen LogP contribution in [0.25, 0.3) is 21.5 Å². The second kappa shape index (κ2) is 11.1. The Bertz CT molecular complexity index is 2830. The Labute approximate surface area is 283 Å². The van der Waals surface area contributed by atoms with Crippen molar-refractivity contribution in [3.8, 4) is 0 Å². The third-order valence-corrected chi connectivity index (χ3v) is 11.8. The highest BCUT2D eigenvalue weighted by atomic mass is 32.2. The average Bonchev–Trinajstić information content (AvgIpc) is 3.42. The number of urea groups is 1. The molecular weight excluding hydrogens is 745 g/mol. The van der Waals surface area contributed by atoms with E-state index in [-0.39, 0.29) is 27.8 Å². The number of carbonyl (C=O) groups excluding carboxylic acids is 2. The Morgan fingerprint density at radius 3 is 1.70 bits per heavy atom. The van der Waals surface area contributed by atoms with Gasteiger partial charge in [0.25, 0.3) is 20.2 Å². The minimum absolute atomic E-state index is 0.254. The first-order valence-electron chi connectivity index (χ1n) is 13.7. The number of carbonyl (C=O) groups is 2. The van der Waals surface area contributed by atoms with Gasteiger partial charge in [-0.15, -0.1) is 0 Å². The number of anilines is 2. The van der Waals surface area contributed by atoms with Crippen molar-refractivity contribution in [1.29, 1.82) is 0 Å². The molecule has 1 atom stereocenters. The van der Waals surface area contributed by atoms with Gasteiger partial charge in [0.15, 0.2) is 21.2 Å². The lowest BCUT2D eigenvalue weighted by Gasteiger charge is -2.34. The molecular formula is C28H23N4O14S4+. The molecule has 1 aromatic heterocycles. The highest BCUT2D eigenvalue weighted by Crippen LogP contribution is 2.51. The molecule has 50 heavy (non-hydrogen) atoms. The summed E-state index contributed by atoms with van der Waals surface area (Å²) in [6.45, 7) is 0. The lowest BCUT2D eigenvalue weighted by molar-refractivity contribution is 0.0848. The van der Waals surface area contributed by atoms with Gasteiger partial charge in [-0.1, -0.05) is 6.07 Å². The number of quaternary nitrogens is 1. The Hall–Kier alpha value is -4.78. The predicted molar refractivity (Wildman–Crippen MR) is 177 cm³/mol. The highest BCUT2D eigenvalue weighted by molar-refractivity contribution is 7.87. The van der Waals surface area contributed by atoms with E-state index in [1.54, 1.807) is 0 Å². The van der Waals surface area contributed by atoms with Gasteiger partial charge in [0.2, 0.25) is 0 Å². The van der Waals surface area contributed by atoms with E-state index >= 15 is 0 Å². The fourth-order valence-corrected chi connectivity index (χ4v) is 9.03. The highest BCUT2D eigenvalue weighted by Gasteiger charge is 2.49. The minimum atomic E-state index is -5.59. The van der Waals surface area contributed by atoms with Crippen molar-refractivity contribution in [2.24, 2.45) is 7.05 Å². The average molecular weight is 768 g/mol. The van der Waals surface area contributed by atoms with Gasteiger partial charge in [-0.05, 0) is 48.5 Å². The Balaban J connectivity index is 2.03. The van der Waals surface area contributed by atoms with E-state index in [1.165, 1.54) is 29.9 Å². The van der Waals surface area contributed by atoms with Crippen LogP contribution in [-0.4, -0.2) is 75.4 Å². The number of amides is 3. The van der Waals surface area contributed by atoms with Gasteiger partial charge in [-0.2, -0.15) is 38.2 Å². The maximum absolute atomic E-state index is 14.9. The number of hydrogen-bond donors (Lipinski definition) is 6. The summed E-state index contributed by atoms with van der Waals surface area (Å²) >= 11 is 0. The van der Waals surface area contributed by atoms with Gasteiger partial charge in [0, 0.05) is 35.5 Å². The molecule has 0 fully saturated rings.